The van der Waals surface area contributed by atoms with Gasteiger partial charge < -0.3 is 11.1 Å². The minimum absolute atomic E-state index is 0.649. The summed E-state index contributed by atoms with van der Waals surface area (Å²) in [7, 11) is -0.672. The standard InChI is InChI=1S/C5H14N2OS/c1-9(8)5-4-7-3-2-6/h7H,2-6H2,1H3. The first-order valence-electron chi connectivity index (χ1n) is 2.98. The van der Waals surface area contributed by atoms with Gasteiger partial charge in [0.2, 0.25) is 0 Å². The summed E-state index contributed by atoms with van der Waals surface area (Å²) in [5, 5.41) is 3.05. The van der Waals surface area contributed by atoms with E-state index < -0.39 is 10.8 Å². The van der Waals surface area contributed by atoms with Crippen LogP contribution in [0.3, 0.4) is 0 Å². The van der Waals surface area contributed by atoms with Crippen molar-refractivity contribution in [3.63, 3.8) is 0 Å². The van der Waals surface area contributed by atoms with Gasteiger partial charge in [-0.05, 0) is 0 Å². The van der Waals surface area contributed by atoms with Crippen LogP contribution in [0.1, 0.15) is 0 Å². The maximum absolute atomic E-state index is 10.4. The van der Waals surface area contributed by atoms with Gasteiger partial charge in [-0.15, -0.1) is 0 Å². The van der Waals surface area contributed by atoms with E-state index in [1.54, 1.807) is 6.26 Å². The molecule has 0 amide bonds. The molecule has 0 aromatic carbocycles. The molecule has 0 heterocycles. The van der Waals surface area contributed by atoms with Crippen LogP contribution in [0.2, 0.25) is 0 Å². The van der Waals surface area contributed by atoms with Crippen LogP contribution in [-0.2, 0) is 10.8 Å². The van der Waals surface area contributed by atoms with E-state index in [-0.39, 0.29) is 0 Å². The Bertz CT molecular complexity index is 87.0. The third-order valence-electron chi connectivity index (χ3n) is 0.887. The van der Waals surface area contributed by atoms with E-state index in [0.717, 1.165) is 18.8 Å². The fraction of sp³-hybridized carbons (Fsp3) is 1.00. The number of rotatable bonds is 5. The zero-order valence-electron chi connectivity index (χ0n) is 5.72. The van der Waals surface area contributed by atoms with Crippen LogP contribution in [0, 0.1) is 0 Å². The van der Waals surface area contributed by atoms with Gasteiger partial charge in [-0.1, -0.05) is 0 Å². The average molecular weight is 150 g/mol. The Morgan fingerprint density at radius 1 is 1.56 bits per heavy atom. The molecule has 0 fully saturated rings. The first-order chi connectivity index (χ1) is 4.27. The molecule has 0 radical (unpaired) electrons. The lowest BCUT2D eigenvalue weighted by molar-refractivity contribution is 0.677. The number of hydrogen-bond donors (Lipinski definition) is 2. The monoisotopic (exact) mass is 150 g/mol. The van der Waals surface area contributed by atoms with E-state index in [1.165, 1.54) is 0 Å². The number of nitrogens with one attached hydrogen (secondary N) is 1. The van der Waals surface area contributed by atoms with Gasteiger partial charge in [-0.2, -0.15) is 0 Å². The van der Waals surface area contributed by atoms with Crippen molar-refractivity contribution >= 4 is 10.8 Å². The maximum Gasteiger partial charge on any atom is 0.0357 e. The fourth-order valence-corrected chi connectivity index (χ4v) is 0.875. The van der Waals surface area contributed by atoms with E-state index in [2.05, 4.69) is 5.32 Å². The van der Waals surface area contributed by atoms with Crippen LogP contribution in [0.25, 0.3) is 0 Å². The molecular formula is C5H14N2OS. The van der Waals surface area contributed by atoms with E-state index in [1.807, 2.05) is 0 Å². The van der Waals surface area contributed by atoms with E-state index >= 15 is 0 Å². The zero-order valence-corrected chi connectivity index (χ0v) is 6.54. The van der Waals surface area contributed by atoms with Crippen LogP contribution < -0.4 is 11.1 Å². The molecule has 0 bridgehead atoms. The van der Waals surface area contributed by atoms with Crippen molar-refractivity contribution in [2.45, 2.75) is 0 Å². The van der Waals surface area contributed by atoms with Crippen LogP contribution in [0.5, 0.6) is 0 Å². The lowest BCUT2D eigenvalue weighted by Gasteiger charge is -1.98. The lowest BCUT2D eigenvalue weighted by atomic mass is 10.6. The maximum atomic E-state index is 10.4. The van der Waals surface area contributed by atoms with Crippen molar-refractivity contribution in [1.29, 1.82) is 0 Å². The normalized spacial score (nSPS) is 13.6. The minimum Gasteiger partial charge on any atom is -0.329 e. The summed E-state index contributed by atoms with van der Waals surface area (Å²) >= 11 is 0. The van der Waals surface area contributed by atoms with Crippen LogP contribution in [0.15, 0.2) is 0 Å². The van der Waals surface area contributed by atoms with Gasteiger partial charge in [-0.3, -0.25) is 4.21 Å². The Balaban J connectivity index is 2.83. The Kier molecular flexibility index (Phi) is 6.24. The molecule has 0 aliphatic carbocycles. The second-order valence-electron chi connectivity index (χ2n) is 1.82. The molecule has 0 spiro atoms. The average Bonchev–Trinajstić information content (AvgIpc) is 1.80. The van der Waals surface area contributed by atoms with Crippen LogP contribution in [0.4, 0.5) is 0 Å². The lowest BCUT2D eigenvalue weighted by Crippen LogP contribution is -2.26. The molecule has 0 aromatic heterocycles. The summed E-state index contributed by atoms with van der Waals surface area (Å²) in [4.78, 5) is 0. The summed E-state index contributed by atoms with van der Waals surface area (Å²) in [6, 6.07) is 0. The molecule has 56 valence electrons. The molecular weight excluding hydrogens is 136 g/mol. The molecule has 1 atom stereocenters. The summed E-state index contributed by atoms with van der Waals surface area (Å²) in [5.74, 6) is 0.722. The van der Waals surface area contributed by atoms with Crippen LogP contribution >= 0.6 is 0 Å². The molecule has 0 aromatic rings. The molecule has 0 aliphatic rings. The summed E-state index contributed by atoms with van der Waals surface area (Å²) < 4.78 is 10.4. The van der Waals surface area contributed by atoms with Gasteiger partial charge in [0.25, 0.3) is 0 Å². The Morgan fingerprint density at radius 3 is 2.67 bits per heavy atom. The second kappa shape index (κ2) is 6.19. The Hall–Kier alpha value is 0.0700. The van der Waals surface area contributed by atoms with Crippen molar-refractivity contribution in [3.05, 3.63) is 0 Å². The minimum atomic E-state index is -0.672. The third-order valence-corrected chi connectivity index (χ3v) is 1.67. The summed E-state index contributed by atoms with van der Waals surface area (Å²) in [6.07, 6.45) is 1.70. The van der Waals surface area contributed by atoms with Gasteiger partial charge in [0.15, 0.2) is 0 Å². The van der Waals surface area contributed by atoms with Crippen molar-refractivity contribution in [3.8, 4) is 0 Å². The predicted octanol–water partition coefficient (Wildman–Crippen LogP) is -1.09. The van der Waals surface area contributed by atoms with E-state index in [9.17, 15) is 4.21 Å². The second-order valence-corrected chi connectivity index (χ2v) is 3.37. The first kappa shape index (κ1) is 9.07. The summed E-state index contributed by atoms with van der Waals surface area (Å²) in [5.41, 5.74) is 5.21. The van der Waals surface area contributed by atoms with E-state index in [4.69, 9.17) is 5.73 Å². The third kappa shape index (κ3) is 8.07. The fourth-order valence-electron chi connectivity index (χ4n) is 0.443. The molecule has 0 aliphatic heterocycles. The highest BCUT2D eigenvalue weighted by Crippen LogP contribution is 1.69. The largest absolute Gasteiger partial charge is 0.329 e. The zero-order chi connectivity index (χ0) is 7.11. The van der Waals surface area contributed by atoms with Gasteiger partial charge in [-0.25, -0.2) is 0 Å². The predicted molar refractivity (Wildman–Crippen MR) is 40.9 cm³/mol. The SMILES string of the molecule is CS(=O)CCNCCN. The molecule has 0 saturated carbocycles. The topological polar surface area (TPSA) is 55.1 Å². The van der Waals surface area contributed by atoms with E-state index in [0.29, 0.717) is 6.54 Å². The van der Waals surface area contributed by atoms with Crippen molar-refractivity contribution in [1.82, 2.24) is 5.32 Å². The van der Waals surface area contributed by atoms with Crippen molar-refractivity contribution in [2.75, 3.05) is 31.6 Å². The van der Waals surface area contributed by atoms with Gasteiger partial charge in [0.1, 0.15) is 0 Å². The van der Waals surface area contributed by atoms with Crippen molar-refractivity contribution in [2.24, 2.45) is 5.73 Å². The Morgan fingerprint density at radius 2 is 2.22 bits per heavy atom. The van der Waals surface area contributed by atoms with Gasteiger partial charge in [0, 0.05) is 42.4 Å². The Labute approximate surface area is 58.5 Å². The highest BCUT2D eigenvalue weighted by molar-refractivity contribution is 7.84. The number of nitrogens with two attached hydrogens (primary N) is 1. The molecule has 4 heteroatoms. The molecule has 0 rings (SSSR count). The van der Waals surface area contributed by atoms with Gasteiger partial charge in [0.05, 0.1) is 0 Å². The first-order valence-corrected chi connectivity index (χ1v) is 4.71. The molecule has 3 N–H and O–H groups in total. The summed E-state index contributed by atoms with van der Waals surface area (Å²) in [6.45, 7) is 2.27. The smallest absolute Gasteiger partial charge is 0.0357 e. The molecule has 9 heavy (non-hydrogen) atoms. The molecule has 0 saturated heterocycles. The van der Waals surface area contributed by atoms with Crippen molar-refractivity contribution < 1.29 is 4.21 Å². The highest BCUT2D eigenvalue weighted by atomic mass is 32.2. The van der Waals surface area contributed by atoms with Gasteiger partial charge >= 0.3 is 0 Å². The number of hydrogen-bond acceptors (Lipinski definition) is 3. The molecule has 1 unspecified atom stereocenters. The van der Waals surface area contributed by atoms with Crippen LogP contribution in [-0.4, -0.2) is 35.9 Å². The quantitative estimate of drug-likeness (QED) is 0.490. The molecule has 3 nitrogen and oxygen atoms in total. The highest BCUT2D eigenvalue weighted by Gasteiger charge is 1.87.